The third kappa shape index (κ3) is 3.17. The quantitative estimate of drug-likeness (QED) is 0.902. The van der Waals surface area contributed by atoms with E-state index in [1.807, 2.05) is 19.2 Å². The SMILES string of the molecule is CN1CCC2(CCN(C(=O)NCc3cc(C4CC4)ccc3F)CC2)C1=O. The summed E-state index contributed by atoms with van der Waals surface area (Å²) in [4.78, 5) is 28.4. The molecule has 2 heterocycles. The van der Waals surface area contributed by atoms with Crippen LogP contribution in [0.15, 0.2) is 18.2 Å². The summed E-state index contributed by atoms with van der Waals surface area (Å²) in [5.41, 5.74) is 1.44. The summed E-state index contributed by atoms with van der Waals surface area (Å²) >= 11 is 0. The van der Waals surface area contributed by atoms with Gasteiger partial charge in [0.1, 0.15) is 5.82 Å². The van der Waals surface area contributed by atoms with Crippen LogP contribution in [0.3, 0.4) is 0 Å². The standard InChI is InChI=1S/C20H26FN3O2/c1-23-9-6-20(18(23)25)7-10-24(11-8-20)19(26)22-13-16-12-15(14-2-3-14)4-5-17(16)21/h4-5,12,14H,2-3,6-11,13H2,1H3,(H,22,26). The minimum Gasteiger partial charge on any atom is -0.345 e. The maximum atomic E-state index is 14.0. The van der Waals surface area contributed by atoms with Crippen molar-refractivity contribution in [3.63, 3.8) is 0 Å². The lowest BCUT2D eigenvalue weighted by molar-refractivity contribution is -0.137. The third-order valence-corrected chi connectivity index (χ3v) is 6.28. The van der Waals surface area contributed by atoms with Crippen LogP contribution in [0, 0.1) is 11.2 Å². The van der Waals surface area contributed by atoms with Crippen LogP contribution in [-0.4, -0.2) is 48.4 Å². The molecule has 0 atom stereocenters. The highest BCUT2D eigenvalue weighted by Gasteiger charge is 2.47. The smallest absolute Gasteiger partial charge is 0.317 e. The molecule has 3 fully saturated rings. The van der Waals surface area contributed by atoms with Crippen LogP contribution >= 0.6 is 0 Å². The topological polar surface area (TPSA) is 52.6 Å². The number of benzene rings is 1. The van der Waals surface area contributed by atoms with Gasteiger partial charge in [-0.1, -0.05) is 12.1 Å². The highest BCUT2D eigenvalue weighted by Crippen LogP contribution is 2.41. The largest absolute Gasteiger partial charge is 0.345 e. The first-order valence-electron chi connectivity index (χ1n) is 9.55. The normalized spacial score (nSPS) is 22.2. The predicted octanol–water partition coefficient (Wildman–Crippen LogP) is 2.86. The van der Waals surface area contributed by atoms with E-state index in [0.29, 0.717) is 24.6 Å². The van der Waals surface area contributed by atoms with Crippen LogP contribution < -0.4 is 5.32 Å². The molecule has 140 valence electrons. The van der Waals surface area contributed by atoms with E-state index in [0.717, 1.165) is 25.8 Å². The summed E-state index contributed by atoms with van der Waals surface area (Å²) in [5, 5.41) is 2.85. The van der Waals surface area contributed by atoms with Gasteiger partial charge < -0.3 is 15.1 Å². The fourth-order valence-electron chi connectivity index (χ4n) is 4.28. The number of nitrogens with one attached hydrogen (secondary N) is 1. The molecule has 5 nitrogen and oxygen atoms in total. The molecule has 2 aliphatic heterocycles. The van der Waals surface area contributed by atoms with Gasteiger partial charge in [0, 0.05) is 38.8 Å². The number of amides is 3. The third-order valence-electron chi connectivity index (χ3n) is 6.28. The highest BCUT2D eigenvalue weighted by molar-refractivity contribution is 5.85. The van der Waals surface area contributed by atoms with Gasteiger partial charge in [0.25, 0.3) is 0 Å². The van der Waals surface area contributed by atoms with Gasteiger partial charge in [-0.3, -0.25) is 4.79 Å². The number of carbonyl (C=O) groups is 2. The van der Waals surface area contributed by atoms with Crippen LogP contribution in [0.1, 0.15) is 49.1 Å². The number of carbonyl (C=O) groups excluding carboxylic acids is 2. The van der Waals surface area contributed by atoms with Crippen LogP contribution in [-0.2, 0) is 11.3 Å². The van der Waals surface area contributed by atoms with Gasteiger partial charge in [-0.15, -0.1) is 0 Å². The van der Waals surface area contributed by atoms with Crippen LogP contribution in [0.2, 0.25) is 0 Å². The van der Waals surface area contributed by atoms with Gasteiger partial charge in [0.15, 0.2) is 0 Å². The van der Waals surface area contributed by atoms with Crippen LogP contribution in [0.25, 0.3) is 0 Å². The molecule has 0 unspecified atom stereocenters. The molecule has 0 aromatic heterocycles. The van der Waals surface area contributed by atoms with Crippen molar-refractivity contribution in [1.82, 2.24) is 15.1 Å². The Morgan fingerprint density at radius 1 is 1.23 bits per heavy atom. The Kier molecular flexibility index (Phi) is 4.37. The molecule has 0 radical (unpaired) electrons. The van der Waals surface area contributed by atoms with E-state index in [-0.39, 0.29) is 29.7 Å². The van der Waals surface area contributed by atoms with Crippen molar-refractivity contribution in [3.8, 4) is 0 Å². The summed E-state index contributed by atoms with van der Waals surface area (Å²) in [5.74, 6) is 0.508. The molecular formula is C20H26FN3O2. The van der Waals surface area contributed by atoms with Gasteiger partial charge in [0.2, 0.25) is 5.91 Å². The number of nitrogens with zero attached hydrogens (tertiary/aromatic N) is 2. The number of halogens is 1. The van der Waals surface area contributed by atoms with E-state index in [1.165, 1.54) is 24.5 Å². The van der Waals surface area contributed by atoms with Crippen molar-refractivity contribution in [2.24, 2.45) is 5.41 Å². The van der Waals surface area contributed by atoms with E-state index < -0.39 is 0 Å². The van der Waals surface area contributed by atoms with Crippen molar-refractivity contribution in [2.75, 3.05) is 26.7 Å². The average molecular weight is 359 g/mol. The minimum atomic E-state index is -0.271. The molecule has 0 bridgehead atoms. The average Bonchev–Trinajstić information content (AvgIpc) is 3.46. The van der Waals surface area contributed by atoms with Gasteiger partial charge >= 0.3 is 6.03 Å². The maximum Gasteiger partial charge on any atom is 0.317 e. The van der Waals surface area contributed by atoms with E-state index in [4.69, 9.17) is 0 Å². The number of piperidine rings is 1. The lowest BCUT2D eigenvalue weighted by atomic mass is 9.77. The first-order chi connectivity index (χ1) is 12.5. The first-order valence-corrected chi connectivity index (χ1v) is 9.55. The Labute approximate surface area is 153 Å². The first kappa shape index (κ1) is 17.3. The number of hydrogen-bond donors (Lipinski definition) is 1. The second-order valence-electron chi connectivity index (χ2n) is 8.03. The Morgan fingerprint density at radius 3 is 2.54 bits per heavy atom. The highest BCUT2D eigenvalue weighted by atomic mass is 19.1. The zero-order valence-corrected chi connectivity index (χ0v) is 15.3. The monoisotopic (exact) mass is 359 g/mol. The molecular weight excluding hydrogens is 333 g/mol. The van der Waals surface area contributed by atoms with Gasteiger partial charge in [0.05, 0.1) is 5.41 Å². The van der Waals surface area contributed by atoms with Crippen molar-refractivity contribution >= 4 is 11.9 Å². The van der Waals surface area contributed by atoms with Crippen LogP contribution in [0.5, 0.6) is 0 Å². The van der Waals surface area contributed by atoms with Gasteiger partial charge in [-0.25, -0.2) is 9.18 Å². The van der Waals surface area contributed by atoms with E-state index in [1.54, 1.807) is 9.80 Å². The van der Waals surface area contributed by atoms with Crippen molar-refractivity contribution < 1.29 is 14.0 Å². The molecule has 1 aromatic carbocycles. The van der Waals surface area contributed by atoms with Gasteiger partial charge in [-0.05, 0) is 49.7 Å². The predicted molar refractivity (Wildman–Crippen MR) is 96.1 cm³/mol. The summed E-state index contributed by atoms with van der Waals surface area (Å²) in [7, 11) is 1.85. The number of hydrogen-bond acceptors (Lipinski definition) is 2. The number of rotatable bonds is 3. The fourth-order valence-corrected chi connectivity index (χ4v) is 4.28. The van der Waals surface area contributed by atoms with E-state index in [9.17, 15) is 14.0 Å². The Morgan fingerprint density at radius 2 is 1.92 bits per heavy atom. The Bertz CT molecular complexity index is 724. The summed E-state index contributed by atoms with van der Waals surface area (Å²) < 4.78 is 14.0. The number of urea groups is 1. The van der Waals surface area contributed by atoms with Crippen molar-refractivity contribution in [2.45, 2.75) is 44.6 Å². The maximum absolute atomic E-state index is 14.0. The summed E-state index contributed by atoms with van der Waals surface area (Å²) in [6.07, 6.45) is 4.66. The molecule has 1 saturated carbocycles. The molecule has 1 aliphatic carbocycles. The van der Waals surface area contributed by atoms with E-state index >= 15 is 0 Å². The zero-order valence-electron chi connectivity index (χ0n) is 15.3. The second kappa shape index (κ2) is 6.56. The van der Waals surface area contributed by atoms with E-state index in [2.05, 4.69) is 5.32 Å². The zero-order chi connectivity index (χ0) is 18.3. The molecule has 1 spiro atoms. The molecule has 3 amide bonds. The molecule has 2 saturated heterocycles. The molecule has 1 N–H and O–H groups in total. The Balaban J connectivity index is 1.32. The lowest BCUT2D eigenvalue weighted by Crippen LogP contribution is -2.49. The van der Waals surface area contributed by atoms with Crippen molar-refractivity contribution in [1.29, 1.82) is 0 Å². The van der Waals surface area contributed by atoms with Gasteiger partial charge in [-0.2, -0.15) is 0 Å². The molecule has 26 heavy (non-hydrogen) atoms. The molecule has 3 aliphatic rings. The number of likely N-dealkylation sites (tertiary alicyclic amines) is 2. The lowest BCUT2D eigenvalue weighted by Gasteiger charge is -2.37. The minimum absolute atomic E-state index is 0.171. The molecule has 1 aromatic rings. The summed E-state index contributed by atoms with van der Waals surface area (Å²) in [6, 6.07) is 5.06. The van der Waals surface area contributed by atoms with Crippen LogP contribution in [0.4, 0.5) is 9.18 Å². The van der Waals surface area contributed by atoms with Crippen molar-refractivity contribution in [3.05, 3.63) is 35.1 Å². The molecule has 6 heteroatoms. The molecule has 4 rings (SSSR count). The second-order valence-corrected chi connectivity index (χ2v) is 8.03. The summed E-state index contributed by atoms with van der Waals surface area (Å²) in [6.45, 7) is 2.17. The Hall–Kier alpha value is -2.11. The fraction of sp³-hybridized carbons (Fsp3) is 0.600.